The van der Waals surface area contributed by atoms with Gasteiger partial charge in [0, 0.05) is 19.0 Å². The molecule has 2 atom stereocenters. The van der Waals surface area contributed by atoms with Crippen LogP contribution in [0.4, 0.5) is 0 Å². The lowest BCUT2D eigenvalue weighted by molar-refractivity contribution is -0.135. The van der Waals surface area contributed by atoms with Gasteiger partial charge in [0.15, 0.2) is 11.5 Å². The predicted octanol–water partition coefficient (Wildman–Crippen LogP) is 4.98. The van der Waals surface area contributed by atoms with Gasteiger partial charge in [-0.3, -0.25) is 4.79 Å². The monoisotopic (exact) mass is 415 g/mol. The van der Waals surface area contributed by atoms with E-state index in [9.17, 15) is 4.79 Å². The molecule has 0 aromatic heterocycles. The smallest absolute Gasteiger partial charge is 0.248 e. The normalized spacial score (nSPS) is 22.0. The number of carbonyl (C=O) groups excluding carboxylic acids is 1. The number of allylic oxidation sites excluding steroid dienone is 2. The van der Waals surface area contributed by atoms with Crippen molar-refractivity contribution in [1.82, 2.24) is 4.90 Å². The van der Waals surface area contributed by atoms with E-state index < -0.39 is 0 Å². The maximum absolute atomic E-state index is 12.9. The largest absolute Gasteiger partial charge is 0.493 e. The SMILES string of the molecule is C/C=C(\C=C/CC)COCC(=O)N1CC(c2ccc(OC)c(OC)c2)C(C)(CC)C1. The van der Waals surface area contributed by atoms with Crippen LogP contribution in [0.5, 0.6) is 11.5 Å². The molecule has 1 heterocycles. The Hall–Kier alpha value is -2.27. The van der Waals surface area contributed by atoms with E-state index in [4.69, 9.17) is 14.2 Å². The van der Waals surface area contributed by atoms with Crippen molar-refractivity contribution in [2.24, 2.45) is 5.41 Å². The van der Waals surface area contributed by atoms with E-state index in [1.54, 1.807) is 14.2 Å². The van der Waals surface area contributed by atoms with Gasteiger partial charge in [-0.1, -0.05) is 45.1 Å². The second-order valence-electron chi connectivity index (χ2n) is 8.12. The fourth-order valence-electron chi connectivity index (χ4n) is 4.02. The molecule has 0 aliphatic carbocycles. The molecule has 2 unspecified atom stereocenters. The Morgan fingerprint density at radius 1 is 1.20 bits per heavy atom. The van der Waals surface area contributed by atoms with Crippen molar-refractivity contribution in [2.75, 3.05) is 40.5 Å². The fraction of sp³-hybridized carbons (Fsp3) is 0.560. The third-order valence-corrected chi connectivity index (χ3v) is 6.20. The van der Waals surface area contributed by atoms with Crippen molar-refractivity contribution in [3.8, 4) is 11.5 Å². The number of benzene rings is 1. The molecule has 166 valence electrons. The number of carbonyl (C=O) groups is 1. The van der Waals surface area contributed by atoms with Crippen LogP contribution in [0.25, 0.3) is 0 Å². The summed E-state index contributed by atoms with van der Waals surface area (Å²) in [6, 6.07) is 6.07. The second kappa shape index (κ2) is 11.2. The standard InChI is InChI=1S/C25H37NO4/c1-7-10-11-19(8-2)16-30-17-24(27)26-15-21(25(4,9-3)18-26)20-12-13-22(28-5)23(14-20)29-6/h8,10-14,21H,7,9,15-18H2,1-6H3/b11-10-,19-8+. The molecular weight excluding hydrogens is 378 g/mol. The molecule has 5 heteroatoms. The number of amides is 1. The Balaban J connectivity index is 2.07. The molecule has 1 fully saturated rings. The summed E-state index contributed by atoms with van der Waals surface area (Å²) in [5, 5.41) is 0. The Morgan fingerprint density at radius 2 is 1.93 bits per heavy atom. The third-order valence-electron chi connectivity index (χ3n) is 6.20. The van der Waals surface area contributed by atoms with Gasteiger partial charge in [-0.2, -0.15) is 0 Å². The highest BCUT2D eigenvalue weighted by atomic mass is 16.5. The van der Waals surface area contributed by atoms with Crippen molar-refractivity contribution in [3.05, 3.63) is 47.6 Å². The molecule has 1 aromatic rings. The van der Waals surface area contributed by atoms with Crippen LogP contribution >= 0.6 is 0 Å². The molecule has 30 heavy (non-hydrogen) atoms. The first kappa shape index (κ1) is 24.0. The number of likely N-dealkylation sites (tertiary alicyclic amines) is 1. The lowest BCUT2D eigenvalue weighted by atomic mass is 9.74. The highest BCUT2D eigenvalue weighted by Gasteiger charge is 2.44. The molecule has 0 N–H and O–H groups in total. The number of methoxy groups -OCH3 is 2. The zero-order valence-corrected chi connectivity index (χ0v) is 19.4. The van der Waals surface area contributed by atoms with E-state index >= 15 is 0 Å². The van der Waals surface area contributed by atoms with Crippen LogP contribution in [0.1, 0.15) is 52.0 Å². The second-order valence-corrected chi connectivity index (χ2v) is 8.12. The van der Waals surface area contributed by atoms with Crippen molar-refractivity contribution in [3.63, 3.8) is 0 Å². The maximum Gasteiger partial charge on any atom is 0.248 e. The minimum absolute atomic E-state index is 0.00754. The predicted molar refractivity (Wildman–Crippen MR) is 121 cm³/mol. The molecule has 5 nitrogen and oxygen atoms in total. The Labute approximate surface area is 181 Å². The average Bonchev–Trinajstić information content (AvgIpc) is 3.13. The molecule has 0 bridgehead atoms. The number of ether oxygens (including phenoxy) is 3. The topological polar surface area (TPSA) is 48.0 Å². The molecule has 1 aliphatic heterocycles. The van der Waals surface area contributed by atoms with Crippen LogP contribution in [0.15, 0.2) is 42.0 Å². The van der Waals surface area contributed by atoms with Gasteiger partial charge in [-0.05, 0) is 48.4 Å². The van der Waals surface area contributed by atoms with Gasteiger partial charge in [0.05, 0.1) is 20.8 Å². The first-order valence-corrected chi connectivity index (χ1v) is 10.8. The van der Waals surface area contributed by atoms with Crippen LogP contribution < -0.4 is 9.47 Å². The van der Waals surface area contributed by atoms with E-state index in [1.165, 1.54) is 5.56 Å². The molecule has 1 aliphatic rings. The van der Waals surface area contributed by atoms with Crippen molar-refractivity contribution in [1.29, 1.82) is 0 Å². The zero-order valence-electron chi connectivity index (χ0n) is 19.4. The zero-order chi connectivity index (χ0) is 22.1. The van der Waals surface area contributed by atoms with Gasteiger partial charge in [0.2, 0.25) is 5.91 Å². The van der Waals surface area contributed by atoms with Crippen LogP contribution in [-0.2, 0) is 9.53 Å². The molecule has 2 rings (SSSR count). The lowest BCUT2D eigenvalue weighted by Gasteiger charge is -2.29. The summed E-state index contributed by atoms with van der Waals surface area (Å²) in [7, 11) is 3.29. The van der Waals surface area contributed by atoms with Gasteiger partial charge < -0.3 is 19.1 Å². The molecule has 0 saturated carbocycles. The van der Waals surface area contributed by atoms with Gasteiger partial charge in [0.25, 0.3) is 0 Å². The molecule has 1 aromatic carbocycles. The summed E-state index contributed by atoms with van der Waals surface area (Å²) in [4.78, 5) is 14.8. The van der Waals surface area contributed by atoms with E-state index in [-0.39, 0.29) is 23.8 Å². The van der Waals surface area contributed by atoms with Crippen LogP contribution in [0.2, 0.25) is 0 Å². The maximum atomic E-state index is 12.9. The molecular formula is C25H37NO4. The van der Waals surface area contributed by atoms with Crippen molar-refractivity contribution < 1.29 is 19.0 Å². The van der Waals surface area contributed by atoms with Gasteiger partial charge in [0.1, 0.15) is 6.61 Å². The van der Waals surface area contributed by atoms with Gasteiger partial charge in [-0.25, -0.2) is 0 Å². The summed E-state index contributed by atoms with van der Waals surface area (Å²) in [5.41, 5.74) is 2.27. The van der Waals surface area contributed by atoms with E-state index in [1.807, 2.05) is 30.0 Å². The lowest BCUT2D eigenvalue weighted by Crippen LogP contribution is -2.33. The fourth-order valence-corrected chi connectivity index (χ4v) is 4.02. The first-order valence-electron chi connectivity index (χ1n) is 10.8. The number of nitrogens with zero attached hydrogens (tertiary/aromatic N) is 1. The molecule has 1 amide bonds. The number of hydrogen-bond acceptors (Lipinski definition) is 4. The molecule has 0 spiro atoms. The van der Waals surface area contributed by atoms with Gasteiger partial charge in [-0.15, -0.1) is 0 Å². The Morgan fingerprint density at radius 3 is 2.53 bits per heavy atom. The van der Waals surface area contributed by atoms with E-state index in [0.29, 0.717) is 13.2 Å². The van der Waals surface area contributed by atoms with Crippen LogP contribution in [0.3, 0.4) is 0 Å². The molecule has 0 radical (unpaired) electrons. The number of rotatable bonds is 10. The first-order chi connectivity index (χ1) is 14.4. The average molecular weight is 416 g/mol. The quantitative estimate of drug-likeness (QED) is 0.506. The summed E-state index contributed by atoms with van der Waals surface area (Å²) < 4.78 is 16.6. The van der Waals surface area contributed by atoms with Crippen LogP contribution in [-0.4, -0.2) is 51.3 Å². The summed E-state index contributed by atoms with van der Waals surface area (Å²) in [5.74, 6) is 1.73. The van der Waals surface area contributed by atoms with Gasteiger partial charge >= 0.3 is 0 Å². The molecule has 1 saturated heterocycles. The summed E-state index contributed by atoms with van der Waals surface area (Å²) >= 11 is 0. The summed E-state index contributed by atoms with van der Waals surface area (Å²) in [6.07, 6.45) is 8.15. The highest BCUT2D eigenvalue weighted by molar-refractivity contribution is 5.78. The highest BCUT2D eigenvalue weighted by Crippen LogP contribution is 2.46. The van der Waals surface area contributed by atoms with E-state index in [0.717, 1.165) is 36.5 Å². The van der Waals surface area contributed by atoms with E-state index in [2.05, 4.69) is 39.0 Å². The number of hydrogen-bond donors (Lipinski definition) is 0. The minimum Gasteiger partial charge on any atom is -0.493 e. The Kier molecular flexibility index (Phi) is 8.97. The Bertz CT molecular complexity index is 770. The summed E-state index contributed by atoms with van der Waals surface area (Å²) in [6.45, 7) is 10.5. The van der Waals surface area contributed by atoms with Crippen molar-refractivity contribution in [2.45, 2.75) is 46.5 Å². The van der Waals surface area contributed by atoms with Crippen LogP contribution in [0, 0.1) is 5.41 Å². The van der Waals surface area contributed by atoms with Crippen molar-refractivity contribution >= 4 is 5.91 Å². The third kappa shape index (κ3) is 5.66. The minimum atomic E-state index is 0.00754.